The maximum Gasteiger partial charge on any atom is 0.208 e. The highest BCUT2D eigenvalue weighted by Gasteiger charge is 2.23. The van der Waals surface area contributed by atoms with Crippen LogP contribution in [0, 0.1) is 5.82 Å². The van der Waals surface area contributed by atoms with E-state index in [1.54, 1.807) is 18.2 Å². The molecule has 2 N–H and O–H groups in total. The van der Waals surface area contributed by atoms with Crippen LogP contribution in [0.5, 0.6) is 0 Å². The highest BCUT2D eigenvalue weighted by Crippen LogP contribution is 2.30. The summed E-state index contributed by atoms with van der Waals surface area (Å²) in [7, 11) is -1.60. The second kappa shape index (κ2) is 6.98. The van der Waals surface area contributed by atoms with Crippen LogP contribution in [0.25, 0.3) is 10.9 Å². The molecule has 2 heterocycles. The van der Waals surface area contributed by atoms with Crippen LogP contribution in [0.3, 0.4) is 0 Å². The number of aromatic nitrogens is 1. The molecule has 1 aliphatic rings. The number of nitrogens with one attached hydrogen (secondary N) is 2. The lowest BCUT2D eigenvalue weighted by Crippen LogP contribution is -2.36. The molecular weight excluding hydrogens is 365 g/mol. The monoisotopic (exact) mass is 387 g/mol. The Morgan fingerprint density at radius 1 is 1.15 bits per heavy atom. The average molecular weight is 387 g/mol. The molecule has 2 aromatic carbocycles. The SMILES string of the molecule is CN1CCC(Nc2cccc(S(=O)(=O)c3c[nH]c4cc(F)ccc34)c2)CC1. The van der Waals surface area contributed by atoms with Crippen LogP contribution < -0.4 is 5.32 Å². The zero-order chi connectivity index (χ0) is 19.0. The lowest BCUT2D eigenvalue weighted by molar-refractivity contribution is 0.264. The van der Waals surface area contributed by atoms with Crippen LogP contribution in [0.1, 0.15) is 12.8 Å². The Bertz CT molecular complexity index is 1070. The van der Waals surface area contributed by atoms with E-state index in [1.807, 2.05) is 6.07 Å². The van der Waals surface area contributed by atoms with Gasteiger partial charge in [0.2, 0.25) is 9.84 Å². The van der Waals surface area contributed by atoms with Crippen molar-refractivity contribution in [3.05, 3.63) is 54.5 Å². The first-order chi connectivity index (χ1) is 12.9. The van der Waals surface area contributed by atoms with Crippen LogP contribution in [0.2, 0.25) is 0 Å². The Labute approximate surface area is 158 Å². The minimum absolute atomic E-state index is 0.161. The van der Waals surface area contributed by atoms with Crippen molar-refractivity contribution in [2.24, 2.45) is 0 Å². The van der Waals surface area contributed by atoms with E-state index in [2.05, 4.69) is 22.2 Å². The van der Waals surface area contributed by atoms with Crippen molar-refractivity contribution in [1.29, 1.82) is 0 Å². The molecule has 1 saturated heterocycles. The fraction of sp³-hybridized carbons (Fsp3) is 0.300. The van der Waals surface area contributed by atoms with Crippen LogP contribution >= 0.6 is 0 Å². The van der Waals surface area contributed by atoms with Gasteiger partial charge in [-0.25, -0.2) is 12.8 Å². The van der Waals surface area contributed by atoms with Crippen molar-refractivity contribution < 1.29 is 12.8 Å². The summed E-state index contributed by atoms with van der Waals surface area (Å²) in [5.41, 5.74) is 1.27. The molecule has 7 heteroatoms. The molecule has 27 heavy (non-hydrogen) atoms. The molecule has 0 atom stereocenters. The van der Waals surface area contributed by atoms with Crippen LogP contribution in [-0.2, 0) is 9.84 Å². The molecule has 0 radical (unpaired) electrons. The number of sulfone groups is 1. The molecule has 1 aliphatic heterocycles. The number of likely N-dealkylation sites (tertiary alicyclic amines) is 1. The van der Waals surface area contributed by atoms with E-state index in [0.717, 1.165) is 31.6 Å². The van der Waals surface area contributed by atoms with Gasteiger partial charge in [0.25, 0.3) is 0 Å². The van der Waals surface area contributed by atoms with Crippen molar-refractivity contribution in [2.75, 3.05) is 25.5 Å². The summed E-state index contributed by atoms with van der Waals surface area (Å²) in [6.07, 6.45) is 3.49. The van der Waals surface area contributed by atoms with Gasteiger partial charge >= 0.3 is 0 Å². The Morgan fingerprint density at radius 3 is 2.70 bits per heavy atom. The number of aromatic amines is 1. The lowest BCUT2D eigenvalue weighted by atomic mass is 10.1. The summed E-state index contributed by atoms with van der Waals surface area (Å²) < 4.78 is 39.7. The van der Waals surface area contributed by atoms with Crippen molar-refractivity contribution in [3.63, 3.8) is 0 Å². The first-order valence-electron chi connectivity index (χ1n) is 9.00. The Balaban J connectivity index is 1.64. The lowest BCUT2D eigenvalue weighted by Gasteiger charge is -2.30. The minimum atomic E-state index is -3.71. The first-order valence-corrected chi connectivity index (χ1v) is 10.5. The predicted octanol–water partition coefficient (Wildman–Crippen LogP) is 3.65. The molecule has 142 valence electrons. The first kappa shape index (κ1) is 18.0. The predicted molar refractivity (Wildman–Crippen MR) is 104 cm³/mol. The number of fused-ring (bicyclic) bond motifs is 1. The topological polar surface area (TPSA) is 65.2 Å². The second-order valence-corrected chi connectivity index (χ2v) is 9.01. The molecule has 0 unspecified atom stereocenters. The summed E-state index contributed by atoms with van der Waals surface area (Å²) in [5.74, 6) is -0.405. The van der Waals surface area contributed by atoms with Crippen LogP contribution in [-0.4, -0.2) is 44.5 Å². The molecule has 0 saturated carbocycles. The zero-order valence-electron chi connectivity index (χ0n) is 15.1. The van der Waals surface area contributed by atoms with Gasteiger partial charge in [-0.05, 0) is 69.4 Å². The van der Waals surface area contributed by atoms with Gasteiger partial charge in [0.15, 0.2) is 0 Å². The molecule has 0 aliphatic carbocycles. The molecule has 0 bridgehead atoms. The largest absolute Gasteiger partial charge is 0.382 e. The summed E-state index contributed by atoms with van der Waals surface area (Å²) >= 11 is 0. The number of hydrogen-bond donors (Lipinski definition) is 2. The minimum Gasteiger partial charge on any atom is -0.382 e. The molecule has 5 nitrogen and oxygen atoms in total. The normalized spacial score (nSPS) is 16.7. The molecule has 0 amide bonds. The van der Waals surface area contributed by atoms with Gasteiger partial charge in [-0.3, -0.25) is 0 Å². The van der Waals surface area contributed by atoms with E-state index < -0.39 is 15.7 Å². The smallest absolute Gasteiger partial charge is 0.208 e. The summed E-state index contributed by atoms with van der Waals surface area (Å²) in [4.78, 5) is 5.53. The molecule has 1 fully saturated rings. The molecular formula is C20H22FN3O2S. The Morgan fingerprint density at radius 2 is 1.93 bits per heavy atom. The van der Waals surface area contributed by atoms with Gasteiger partial charge in [-0.1, -0.05) is 6.07 Å². The number of halogens is 1. The number of nitrogens with zero attached hydrogens (tertiary/aromatic N) is 1. The van der Waals surface area contributed by atoms with Crippen LogP contribution in [0.4, 0.5) is 10.1 Å². The Kier molecular flexibility index (Phi) is 4.65. The van der Waals surface area contributed by atoms with Crippen molar-refractivity contribution in [2.45, 2.75) is 28.7 Å². The van der Waals surface area contributed by atoms with E-state index in [1.165, 1.54) is 24.4 Å². The van der Waals surface area contributed by atoms with Gasteiger partial charge in [-0.15, -0.1) is 0 Å². The van der Waals surface area contributed by atoms with Gasteiger partial charge in [0.05, 0.1) is 9.79 Å². The number of piperidine rings is 1. The highest BCUT2D eigenvalue weighted by atomic mass is 32.2. The Hall–Kier alpha value is -2.38. The number of benzene rings is 2. The van der Waals surface area contributed by atoms with Crippen molar-refractivity contribution >= 4 is 26.4 Å². The fourth-order valence-electron chi connectivity index (χ4n) is 3.56. The average Bonchev–Trinajstić information content (AvgIpc) is 3.07. The number of H-pyrrole nitrogens is 1. The summed E-state index contributed by atoms with van der Waals surface area (Å²) in [6.45, 7) is 2.06. The second-order valence-electron chi connectivity index (χ2n) is 7.10. The van der Waals surface area contributed by atoms with E-state index in [-0.39, 0.29) is 9.79 Å². The van der Waals surface area contributed by atoms with Gasteiger partial charge in [0, 0.05) is 28.8 Å². The van der Waals surface area contributed by atoms with Gasteiger partial charge in [-0.2, -0.15) is 0 Å². The highest BCUT2D eigenvalue weighted by molar-refractivity contribution is 7.91. The van der Waals surface area contributed by atoms with E-state index in [9.17, 15) is 12.8 Å². The summed E-state index contributed by atoms with van der Waals surface area (Å²) in [5, 5.41) is 3.95. The van der Waals surface area contributed by atoms with Gasteiger partial charge < -0.3 is 15.2 Å². The number of hydrogen-bond acceptors (Lipinski definition) is 4. The third-order valence-corrected chi connectivity index (χ3v) is 6.92. The van der Waals surface area contributed by atoms with E-state index >= 15 is 0 Å². The molecule has 4 rings (SSSR count). The number of rotatable bonds is 4. The fourth-order valence-corrected chi connectivity index (χ4v) is 5.04. The standard InChI is InChI=1S/C20H22FN3O2S/c1-24-9-7-15(8-10-24)23-16-3-2-4-17(12-16)27(25,26)20-13-22-19-11-14(21)5-6-18(19)20/h2-6,11-13,15,22-23H,7-10H2,1H3. The van der Waals surface area contributed by atoms with Gasteiger partial charge in [0.1, 0.15) is 5.82 Å². The quantitative estimate of drug-likeness (QED) is 0.717. The molecule has 0 spiro atoms. The van der Waals surface area contributed by atoms with E-state index in [4.69, 9.17) is 0 Å². The molecule has 3 aromatic rings. The zero-order valence-corrected chi connectivity index (χ0v) is 15.9. The maximum atomic E-state index is 13.4. The van der Waals surface area contributed by atoms with E-state index in [0.29, 0.717) is 16.9 Å². The third-order valence-electron chi connectivity index (χ3n) is 5.13. The third kappa shape index (κ3) is 3.57. The van der Waals surface area contributed by atoms with Crippen LogP contribution in [0.15, 0.2) is 58.5 Å². The molecule has 1 aromatic heterocycles. The van der Waals surface area contributed by atoms with Crippen molar-refractivity contribution in [3.8, 4) is 0 Å². The number of anilines is 1. The maximum absolute atomic E-state index is 13.4. The summed E-state index contributed by atoms with van der Waals surface area (Å²) in [6, 6.07) is 11.3. The van der Waals surface area contributed by atoms with Crippen molar-refractivity contribution in [1.82, 2.24) is 9.88 Å².